The van der Waals surface area contributed by atoms with Crippen LogP contribution in [0.15, 0.2) is 0 Å². The van der Waals surface area contributed by atoms with E-state index in [2.05, 4.69) is 21.2 Å². The molecule has 0 spiro atoms. The van der Waals surface area contributed by atoms with E-state index < -0.39 is 11.8 Å². The number of halogens is 1. The van der Waals surface area contributed by atoms with Gasteiger partial charge in [-0.2, -0.15) is 0 Å². The molecule has 0 saturated carbocycles. The first kappa shape index (κ1) is 15.3. The molecule has 1 unspecified atom stereocenters. The van der Waals surface area contributed by atoms with E-state index in [1.165, 1.54) is 6.92 Å². The van der Waals surface area contributed by atoms with Crippen molar-refractivity contribution in [1.82, 2.24) is 5.32 Å². The van der Waals surface area contributed by atoms with Crippen LogP contribution < -0.4 is 5.32 Å². The molecule has 16 heavy (non-hydrogen) atoms. The first-order valence-corrected chi connectivity index (χ1v) is 5.92. The van der Waals surface area contributed by atoms with Crippen molar-refractivity contribution in [2.45, 2.75) is 19.6 Å². The Balaban J connectivity index is 3.95. The van der Waals surface area contributed by atoms with Crippen LogP contribution in [0.1, 0.15) is 13.8 Å². The number of amides is 1. The summed E-state index contributed by atoms with van der Waals surface area (Å²) in [6.45, 7) is 3.54. The van der Waals surface area contributed by atoms with Crippen molar-refractivity contribution in [3.8, 4) is 0 Å². The second kappa shape index (κ2) is 7.59. The van der Waals surface area contributed by atoms with Crippen LogP contribution in [0.5, 0.6) is 0 Å². The predicted octanol–water partition coefficient (Wildman–Crippen LogP) is 0.351. The standard InChI is InChI=1S/C9H16BrNO5/c1-3-15-9(2,8(13)14)16-5-4-11-7(12)6-10/h3-6H2,1-2H3,(H,11,12)(H,13,14). The van der Waals surface area contributed by atoms with Crippen LogP contribution >= 0.6 is 15.9 Å². The summed E-state index contributed by atoms with van der Waals surface area (Å²) in [5.74, 6) is -3.04. The fourth-order valence-electron chi connectivity index (χ4n) is 0.924. The lowest BCUT2D eigenvalue weighted by Crippen LogP contribution is -2.43. The number of alkyl halides is 1. The van der Waals surface area contributed by atoms with Crippen molar-refractivity contribution < 1.29 is 24.2 Å². The fraction of sp³-hybridized carbons (Fsp3) is 0.778. The highest BCUT2D eigenvalue weighted by molar-refractivity contribution is 9.09. The van der Waals surface area contributed by atoms with Gasteiger partial charge in [-0.15, -0.1) is 0 Å². The third-order valence-electron chi connectivity index (χ3n) is 1.73. The van der Waals surface area contributed by atoms with Gasteiger partial charge in [0.05, 0.1) is 11.9 Å². The lowest BCUT2D eigenvalue weighted by Gasteiger charge is -2.24. The molecule has 0 heterocycles. The van der Waals surface area contributed by atoms with Crippen LogP contribution in [0.3, 0.4) is 0 Å². The maximum Gasteiger partial charge on any atom is 0.364 e. The Labute approximate surface area is 102 Å². The number of rotatable bonds is 8. The molecule has 7 heteroatoms. The van der Waals surface area contributed by atoms with E-state index in [9.17, 15) is 9.59 Å². The Bertz CT molecular complexity index is 248. The predicted molar refractivity (Wildman–Crippen MR) is 60.4 cm³/mol. The SMILES string of the molecule is CCOC(C)(OCCNC(=O)CBr)C(=O)O. The number of nitrogens with one attached hydrogen (secondary N) is 1. The highest BCUT2D eigenvalue weighted by Gasteiger charge is 2.34. The Morgan fingerprint density at radius 1 is 1.44 bits per heavy atom. The molecule has 0 aromatic rings. The normalized spacial score (nSPS) is 14.2. The minimum atomic E-state index is -1.66. The van der Waals surface area contributed by atoms with Gasteiger partial charge >= 0.3 is 5.97 Å². The summed E-state index contributed by atoms with van der Waals surface area (Å²) >= 11 is 2.98. The maximum atomic E-state index is 10.9. The number of hydrogen-bond donors (Lipinski definition) is 2. The Morgan fingerprint density at radius 3 is 2.50 bits per heavy atom. The quantitative estimate of drug-likeness (QED) is 0.384. The second-order valence-electron chi connectivity index (χ2n) is 3.02. The van der Waals surface area contributed by atoms with E-state index >= 15 is 0 Å². The fourth-order valence-corrected chi connectivity index (χ4v) is 1.12. The van der Waals surface area contributed by atoms with Gasteiger partial charge in [0.1, 0.15) is 0 Å². The minimum absolute atomic E-state index is 0.0710. The first-order chi connectivity index (χ1) is 7.46. The summed E-state index contributed by atoms with van der Waals surface area (Å²) < 4.78 is 10.1. The Hall–Kier alpha value is -0.660. The first-order valence-electron chi connectivity index (χ1n) is 4.80. The third-order valence-corrected chi connectivity index (χ3v) is 2.24. The van der Waals surface area contributed by atoms with E-state index in [-0.39, 0.29) is 31.0 Å². The van der Waals surface area contributed by atoms with Crippen LogP contribution in [0.4, 0.5) is 0 Å². The average molecular weight is 298 g/mol. The highest BCUT2D eigenvalue weighted by Crippen LogP contribution is 2.12. The number of carboxylic acid groups (broad SMARTS) is 1. The minimum Gasteiger partial charge on any atom is -0.477 e. The molecule has 0 bridgehead atoms. The molecule has 6 nitrogen and oxygen atoms in total. The summed E-state index contributed by atoms with van der Waals surface area (Å²) in [5.41, 5.74) is 0. The molecule has 0 fully saturated rings. The van der Waals surface area contributed by atoms with Gasteiger partial charge in [-0.25, -0.2) is 4.79 Å². The zero-order valence-corrected chi connectivity index (χ0v) is 10.9. The van der Waals surface area contributed by atoms with Crippen molar-refractivity contribution >= 4 is 27.8 Å². The Kier molecular flexibility index (Phi) is 7.27. The monoisotopic (exact) mass is 297 g/mol. The number of aliphatic carboxylic acids is 1. The molecule has 0 aromatic heterocycles. The molecule has 94 valence electrons. The molecule has 0 saturated heterocycles. The third kappa shape index (κ3) is 5.43. The summed E-state index contributed by atoms with van der Waals surface area (Å²) in [6.07, 6.45) is 0. The van der Waals surface area contributed by atoms with E-state index in [4.69, 9.17) is 14.6 Å². The zero-order valence-electron chi connectivity index (χ0n) is 9.29. The van der Waals surface area contributed by atoms with E-state index in [0.717, 1.165) is 0 Å². The molecule has 0 aliphatic carbocycles. The molecular formula is C9H16BrNO5. The lowest BCUT2D eigenvalue weighted by atomic mass is 10.3. The van der Waals surface area contributed by atoms with Gasteiger partial charge < -0.3 is 19.9 Å². The van der Waals surface area contributed by atoms with Gasteiger partial charge in [0.15, 0.2) is 0 Å². The van der Waals surface area contributed by atoms with Gasteiger partial charge in [-0.1, -0.05) is 15.9 Å². The molecule has 0 aliphatic heterocycles. The molecule has 1 atom stereocenters. The van der Waals surface area contributed by atoms with Crippen molar-refractivity contribution in [2.75, 3.05) is 25.1 Å². The molecule has 1 amide bonds. The second-order valence-corrected chi connectivity index (χ2v) is 3.58. The molecular weight excluding hydrogens is 282 g/mol. The largest absolute Gasteiger partial charge is 0.477 e. The molecule has 0 aromatic carbocycles. The van der Waals surface area contributed by atoms with Crippen molar-refractivity contribution in [3.63, 3.8) is 0 Å². The molecule has 0 aliphatic rings. The highest BCUT2D eigenvalue weighted by atomic mass is 79.9. The number of ether oxygens (including phenoxy) is 2. The summed E-state index contributed by atoms with van der Waals surface area (Å²) in [5, 5.41) is 11.6. The number of carbonyl (C=O) groups is 2. The van der Waals surface area contributed by atoms with Crippen molar-refractivity contribution in [2.24, 2.45) is 0 Å². The van der Waals surface area contributed by atoms with Crippen LogP contribution in [0.25, 0.3) is 0 Å². The molecule has 0 rings (SSSR count). The summed E-state index contributed by atoms with van der Waals surface area (Å²) in [7, 11) is 0. The summed E-state index contributed by atoms with van der Waals surface area (Å²) in [6, 6.07) is 0. The van der Waals surface area contributed by atoms with Gasteiger partial charge in [-0.3, -0.25) is 4.79 Å². The molecule has 2 N–H and O–H groups in total. The zero-order chi connectivity index (χ0) is 12.6. The van der Waals surface area contributed by atoms with Crippen LogP contribution in [0, 0.1) is 0 Å². The van der Waals surface area contributed by atoms with Gasteiger partial charge in [0.25, 0.3) is 5.79 Å². The molecule has 0 radical (unpaired) electrons. The van der Waals surface area contributed by atoms with E-state index in [1.54, 1.807) is 6.92 Å². The van der Waals surface area contributed by atoms with Crippen molar-refractivity contribution in [1.29, 1.82) is 0 Å². The van der Waals surface area contributed by atoms with E-state index in [0.29, 0.717) is 0 Å². The Morgan fingerprint density at radius 2 is 2.06 bits per heavy atom. The smallest absolute Gasteiger partial charge is 0.364 e. The van der Waals surface area contributed by atoms with Crippen LogP contribution in [-0.2, 0) is 19.1 Å². The van der Waals surface area contributed by atoms with Crippen LogP contribution in [0.2, 0.25) is 0 Å². The average Bonchev–Trinajstić information content (AvgIpc) is 2.24. The van der Waals surface area contributed by atoms with Crippen LogP contribution in [-0.4, -0.2) is 47.9 Å². The number of carboxylic acids is 1. The lowest BCUT2D eigenvalue weighted by molar-refractivity contribution is -0.234. The van der Waals surface area contributed by atoms with E-state index in [1.807, 2.05) is 0 Å². The van der Waals surface area contributed by atoms with Crippen molar-refractivity contribution in [3.05, 3.63) is 0 Å². The topological polar surface area (TPSA) is 84.9 Å². The van der Waals surface area contributed by atoms with Gasteiger partial charge in [0.2, 0.25) is 5.91 Å². The number of carbonyl (C=O) groups excluding carboxylic acids is 1. The summed E-state index contributed by atoms with van der Waals surface area (Å²) in [4.78, 5) is 21.7. The maximum absolute atomic E-state index is 10.9. The van der Waals surface area contributed by atoms with Gasteiger partial charge in [0, 0.05) is 20.1 Å². The number of hydrogen-bond acceptors (Lipinski definition) is 4. The van der Waals surface area contributed by atoms with Gasteiger partial charge in [-0.05, 0) is 6.92 Å².